The van der Waals surface area contributed by atoms with Crippen molar-refractivity contribution in [3.63, 3.8) is 0 Å². The first-order chi connectivity index (χ1) is 14.2. The van der Waals surface area contributed by atoms with E-state index in [1.807, 2.05) is 6.07 Å². The summed E-state index contributed by atoms with van der Waals surface area (Å²) in [6.45, 7) is 4.99. The van der Waals surface area contributed by atoms with Gasteiger partial charge in [0.05, 0.1) is 36.7 Å². The number of hydrogen-bond donors (Lipinski definition) is 4. The van der Waals surface area contributed by atoms with Gasteiger partial charge < -0.3 is 24.1 Å². The van der Waals surface area contributed by atoms with Crippen LogP contribution in [0.15, 0.2) is 24.8 Å². The molecule has 0 spiro atoms. The van der Waals surface area contributed by atoms with E-state index in [1.165, 1.54) is 12.7 Å². The monoisotopic (exact) mass is 495 g/mol. The smallest absolute Gasteiger partial charge is 0.307 e. The Morgan fingerprint density at radius 1 is 1.16 bits per heavy atom. The maximum absolute atomic E-state index is 11.9. The highest BCUT2D eigenvalue weighted by molar-refractivity contribution is 7.66. The van der Waals surface area contributed by atoms with Crippen LogP contribution >= 0.6 is 23.5 Å². The fourth-order valence-electron chi connectivity index (χ4n) is 3.16. The highest BCUT2D eigenvalue weighted by Crippen LogP contribution is 2.66. The Balaban J connectivity index is 1.71. The minimum Gasteiger partial charge on any atom is -0.307 e. The van der Waals surface area contributed by atoms with Crippen LogP contribution in [0, 0.1) is 30.1 Å². The summed E-state index contributed by atoms with van der Waals surface area (Å²) >= 11 is 0. The fraction of sp³-hybridized carbons (Fsp3) is 0.385. The van der Waals surface area contributed by atoms with E-state index in [2.05, 4.69) is 34.7 Å². The van der Waals surface area contributed by atoms with Crippen molar-refractivity contribution in [2.75, 3.05) is 6.61 Å². The number of nitrogens with zero attached hydrogens (tertiary/aromatic N) is 5. The second-order valence-corrected chi connectivity index (χ2v) is 10.9. The van der Waals surface area contributed by atoms with Crippen molar-refractivity contribution in [2.24, 2.45) is 11.8 Å². The number of aryl methyl sites for hydroxylation is 1. The molecule has 0 aliphatic heterocycles. The van der Waals surface area contributed by atoms with Gasteiger partial charge in [0.2, 0.25) is 0 Å². The maximum atomic E-state index is 11.9. The van der Waals surface area contributed by atoms with Gasteiger partial charge in [-0.25, -0.2) is 28.6 Å². The summed E-state index contributed by atoms with van der Waals surface area (Å²) in [6.07, 6.45) is 2.80. The summed E-state index contributed by atoms with van der Waals surface area (Å²) in [5.41, 5.74) is 2.06. The molecule has 5 atom stereocenters. The van der Waals surface area contributed by atoms with Crippen LogP contribution in [0.4, 0.5) is 0 Å². The standard InChI is InChI=1S/C13H16N5O10P3/c1-7-10(4-26-30(22,23)28-31(24,25)27-29(19,20)21)9(3-14)12(7)18-6-17-11-8(2)15-5-16-13(11)18/h5-6,9-10,12H,1,4H2,2H3,(H,22,23)(H,24,25)(H2,19,20,21)/t9-,10+,12-/m1/s1. The van der Waals surface area contributed by atoms with Crippen LogP contribution in [0.3, 0.4) is 0 Å². The van der Waals surface area contributed by atoms with Crippen molar-refractivity contribution in [1.82, 2.24) is 19.5 Å². The zero-order chi connectivity index (χ0) is 23.2. The molecule has 0 bridgehead atoms. The van der Waals surface area contributed by atoms with Crippen molar-refractivity contribution in [3.8, 4) is 6.07 Å². The average Bonchev–Trinajstić information content (AvgIpc) is 3.01. The van der Waals surface area contributed by atoms with Gasteiger partial charge in [0.1, 0.15) is 11.8 Å². The first kappa shape index (κ1) is 23.8. The van der Waals surface area contributed by atoms with Crippen molar-refractivity contribution >= 4 is 34.6 Å². The number of hydrogen-bond acceptors (Lipinski definition) is 10. The SMILES string of the molecule is C=C1[C@@H](n2cnc3c(C)ncnc32)[C@H](C#N)[C@H]1COP(=O)(O)OP(=O)(O)OP(=O)(O)O. The lowest BCUT2D eigenvalue weighted by atomic mass is 9.66. The normalized spacial score (nSPS) is 25.4. The van der Waals surface area contributed by atoms with Crippen LogP contribution in [0.25, 0.3) is 11.2 Å². The summed E-state index contributed by atoms with van der Waals surface area (Å²) in [6, 6.07) is 1.47. The number of imidazole rings is 1. The molecule has 1 fully saturated rings. The van der Waals surface area contributed by atoms with Gasteiger partial charge in [-0.1, -0.05) is 6.58 Å². The second-order valence-electron chi connectivity index (χ2n) is 6.45. The van der Waals surface area contributed by atoms with Crippen LogP contribution in [-0.2, 0) is 26.8 Å². The first-order valence-corrected chi connectivity index (χ1v) is 12.8. The Bertz CT molecular complexity index is 1220. The molecule has 0 radical (unpaired) electrons. The molecule has 2 aromatic heterocycles. The zero-order valence-corrected chi connectivity index (χ0v) is 18.3. The van der Waals surface area contributed by atoms with Crippen LogP contribution in [-0.4, -0.2) is 45.7 Å². The summed E-state index contributed by atoms with van der Waals surface area (Å²) < 4.78 is 47.4. The minimum absolute atomic E-state index is 0.431. The Morgan fingerprint density at radius 2 is 1.84 bits per heavy atom. The lowest BCUT2D eigenvalue weighted by Gasteiger charge is -2.43. The van der Waals surface area contributed by atoms with E-state index in [1.54, 1.807) is 11.5 Å². The van der Waals surface area contributed by atoms with Crippen molar-refractivity contribution in [1.29, 1.82) is 5.26 Å². The lowest BCUT2D eigenvalue weighted by molar-refractivity contribution is 0.114. The summed E-state index contributed by atoms with van der Waals surface area (Å²) in [7, 11) is -16.4. The Kier molecular flexibility index (Phi) is 6.36. The van der Waals surface area contributed by atoms with Gasteiger partial charge in [-0.05, 0) is 12.5 Å². The second kappa shape index (κ2) is 8.27. The van der Waals surface area contributed by atoms with E-state index in [4.69, 9.17) is 9.79 Å². The number of phosphoric acid groups is 3. The minimum atomic E-state index is -5.62. The van der Waals surface area contributed by atoms with E-state index >= 15 is 0 Å². The molecule has 168 valence electrons. The number of rotatable bonds is 8. The quantitative estimate of drug-likeness (QED) is 0.299. The van der Waals surface area contributed by atoms with Crippen molar-refractivity contribution < 1.29 is 46.4 Å². The molecule has 1 aliphatic carbocycles. The van der Waals surface area contributed by atoms with E-state index in [9.17, 15) is 28.7 Å². The fourth-order valence-corrected chi connectivity index (χ4v) is 6.20. The molecule has 3 rings (SSSR count). The molecule has 18 heteroatoms. The van der Waals surface area contributed by atoms with Gasteiger partial charge >= 0.3 is 23.5 Å². The summed E-state index contributed by atoms with van der Waals surface area (Å²) in [4.78, 5) is 48.2. The zero-order valence-electron chi connectivity index (χ0n) is 15.6. The maximum Gasteiger partial charge on any atom is 0.490 e. The van der Waals surface area contributed by atoms with Crippen LogP contribution in [0.1, 0.15) is 11.7 Å². The number of nitriles is 1. The van der Waals surface area contributed by atoms with Crippen molar-refractivity contribution in [3.05, 3.63) is 30.5 Å². The Labute approximate surface area is 174 Å². The highest BCUT2D eigenvalue weighted by atomic mass is 31.3. The number of aromatic nitrogens is 4. The van der Waals surface area contributed by atoms with E-state index in [-0.39, 0.29) is 0 Å². The van der Waals surface area contributed by atoms with E-state index in [0.29, 0.717) is 22.4 Å². The van der Waals surface area contributed by atoms with Crippen LogP contribution in [0.2, 0.25) is 0 Å². The molecular formula is C13H16N5O10P3. The predicted octanol–water partition coefficient (Wildman–Crippen LogP) is 1.34. The van der Waals surface area contributed by atoms with Crippen LogP contribution in [0.5, 0.6) is 0 Å². The third-order valence-electron chi connectivity index (χ3n) is 4.45. The third kappa shape index (κ3) is 5.16. The molecule has 1 saturated carbocycles. The lowest BCUT2D eigenvalue weighted by Crippen LogP contribution is -2.42. The van der Waals surface area contributed by atoms with E-state index in [0.717, 1.165) is 0 Å². The van der Waals surface area contributed by atoms with Gasteiger partial charge in [-0.2, -0.15) is 13.9 Å². The summed E-state index contributed by atoms with van der Waals surface area (Å²) in [5, 5.41) is 9.55. The molecular weight excluding hydrogens is 479 g/mol. The molecule has 15 nitrogen and oxygen atoms in total. The van der Waals surface area contributed by atoms with Gasteiger partial charge in [-0.3, -0.25) is 4.52 Å². The Hall–Kier alpha value is -1.81. The largest absolute Gasteiger partial charge is 0.490 e. The number of phosphoric ester groups is 1. The molecule has 2 unspecified atom stereocenters. The molecule has 2 aromatic rings. The van der Waals surface area contributed by atoms with Crippen molar-refractivity contribution in [2.45, 2.75) is 13.0 Å². The van der Waals surface area contributed by atoms with Gasteiger partial charge in [-0.15, -0.1) is 0 Å². The van der Waals surface area contributed by atoms with E-state index < -0.39 is 48.0 Å². The van der Waals surface area contributed by atoms with Gasteiger partial charge in [0, 0.05) is 5.92 Å². The molecule has 1 aliphatic rings. The molecule has 4 N–H and O–H groups in total. The van der Waals surface area contributed by atoms with Gasteiger partial charge in [0.15, 0.2) is 5.65 Å². The molecule has 31 heavy (non-hydrogen) atoms. The Morgan fingerprint density at radius 3 is 2.45 bits per heavy atom. The molecule has 0 amide bonds. The van der Waals surface area contributed by atoms with Gasteiger partial charge in [0.25, 0.3) is 0 Å². The topological polar surface area (TPSA) is 227 Å². The highest BCUT2D eigenvalue weighted by Gasteiger charge is 2.49. The predicted molar refractivity (Wildman–Crippen MR) is 101 cm³/mol. The van der Waals surface area contributed by atoms with Crippen LogP contribution < -0.4 is 0 Å². The average molecular weight is 495 g/mol. The molecule has 0 saturated heterocycles. The first-order valence-electron chi connectivity index (χ1n) is 8.25. The summed E-state index contributed by atoms with van der Waals surface area (Å²) in [5.74, 6) is -1.55. The third-order valence-corrected chi connectivity index (χ3v) is 8.26. The molecule has 0 aromatic carbocycles. The molecule has 2 heterocycles. The number of fused-ring (bicyclic) bond motifs is 1.